The minimum atomic E-state index is -1.19. The molecule has 0 spiro atoms. The van der Waals surface area contributed by atoms with E-state index in [1.165, 1.54) is 31.0 Å². The van der Waals surface area contributed by atoms with Gasteiger partial charge in [0.25, 0.3) is 0 Å². The van der Waals surface area contributed by atoms with Crippen molar-refractivity contribution < 1.29 is 5.11 Å². The maximum Gasteiger partial charge on any atom is 0.136 e. The molecular formula is C23H31ClN4O. The summed E-state index contributed by atoms with van der Waals surface area (Å²) >= 11 is 6.94. The molecule has 5 N–H and O–H groups in total. The highest BCUT2D eigenvalue weighted by Crippen LogP contribution is 2.41. The molecule has 1 saturated carbocycles. The van der Waals surface area contributed by atoms with E-state index in [1.807, 2.05) is 18.2 Å². The first-order chi connectivity index (χ1) is 14.0. The molecule has 0 bridgehead atoms. The van der Waals surface area contributed by atoms with Gasteiger partial charge < -0.3 is 21.5 Å². The molecular weight excluding hydrogens is 384 g/mol. The molecule has 0 amide bonds. The zero-order chi connectivity index (χ0) is 20.6. The van der Waals surface area contributed by atoms with E-state index in [2.05, 4.69) is 17.6 Å². The minimum absolute atomic E-state index is 0.0400. The highest BCUT2D eigenvalue weighted by Gasteiger charge is 2.45. The molecule has 1 aliphatic heterocycles. The molecule has 1 aromatic heterocycles. The number of hydrogen-bond donors (Lipinski definition) is 4. The molecule has 1 saturated heterocycles. The first-order valence-electron chi connectivity index (χ1n) is 10.7. The number of aryl methyl sites for hydroxylation is 1. The van der Waals surface area contributed by atoms with Gasteiger partial charge in [-0.05, 0) is 48.4 Å². The van der Waals surface area contributed by atoms with Gasteiger partial charge in [-0.3, -0.25) is 4.98 Å². The summed E-state index contributed by atoms with van der Waals surface area (Å²) in [5.41, 5.74) is 9.20. The Kier molecular flexibility index (Phi) is 5.74. The maximum atomic E-state index is 11.8. The molecule has 2 aliphatic rings. The third-order valence-electron chi connectivity index (χ3n) is 6.60. The van der Waals surface area contributed by atoms with Gasteiger partial charge in [0.05, 0.1) is 16.2 Å². The lowest BCUT2D eigenvalue weighted by molar-refractivity contribution is -0.0162. The van der Waals surface area contributed by atoms with Crippen LogP contribution >= 0.6 is 11.6 Å². The number of fused-ring (bicyclic) bond motifs is 1. The average molecular weight is 415 g/mol. The van der Waals surface area contributed by atoms with E-state index in [1.54, 1.807) is 7.05 Å². The number of pyridine rings is 1. The standard InChI is InChI=1S/C23H31ClN4O/c1-3-19-17(8-6-14-4-5-14)22(24)18-10-15(7-9-20(18)28-19)23(29,16-12-27-13-16)21(11-25)26-2/h7,9-11,14,16,26-27,29H,3-6,8,12-13,25H2,1-2H3/b21-11-. The van der Waals surface area contributed by atoms with Crippen LogP contribution in [0.4, 0.5) is 0 Å². The molecule has 1 aliphatic carbocycles. The third kappa shape index (κ3) is 3.60. The number of nitrogens with one attached hydrogen (secondary N) is 2. The van der Waals surface area contributed by atoms with Gasteiger partial charge in [0.15, 0.2) is 0 Å². The Labute approximate surface area is 177 Å². The fourth-order valence-electron chi connectivity index (χ4n) is 4.45. The number of nitrogens with two attached hydrogens (primary N) is 1. The summed E-state index contributed by atoms with van der Waals surface area (Å²) in [5.74, 6) is 0.889. The van der Waals surface area contributed by atoms with Crippen molar-refractivity contribution in [1.82, 2.24) is 15.6 Å². The number of hydrogen-bond acceptors (Lipinski definition) is 5. The molecule has 6 heteroatoms. The molecule has 0 radical (unpaired) electrons. The number of rotatable bonds is 8. The number of aromatic nitrogens is 1. The molecule has 1 aromatic carbocycles. The smallest absolute Gasteiger partial charge is 0.136 e. The number of benzene rings is 1. The molecule has 2 fully saturated rings. The van der Waals surface area contributed by atoms with Gasteiger partial charge in [0.1, 0.15) is 5.60 Å². The van der Waals surface area contributed by atoms with Gasteiger partial charge in [-0.2, -0.15) is 0 Å². The topological polar surface area (TPSA) is 83.2 Å². The fourth-order valence-corrected chi connectivity index (χ4v) is 4.80. The Morgan fingerprint density at radius 1 is 1.41 bits per heavy atom. The van der Waals surface area contributed by atoms with Crippen LogP contribution < -0.4 is 16.4 Å². The first kappa shape index (κ1) is 20.5. The van der Waals surface area contributed by atoms with Gasteiger partial charge in [-0.1, -0.05) is 37.4 Å². The summed E-state index contributed by atoms with van der Waals surface area (Å²) in [5, 5.41) is 19.8. The van der Waals surface area contributed by atoms with Crippen LogP contribution in [0.1, 0.15) is 43.0 Å². The number of likely N-dealkylation sites (N-methyl/N-ethyl adjacent to an activating group) is 1. The van der Waals surface area contributed by atoms with Gasteiger partial charge in [0.2, 0.25) is 0 Å². The zero-order valence-corrected chi connectivity index (χ0v) is 18.0. The highest BCUT2D eigenvalue weighted by atomic mass is 35.5. The van der Waals surface area contributed by atoms with Crippen LogP contribution in [0.15, 0.2) is 30.1 Å². The van der Waals surface area contributed by atoms with Crippen molar-refractivity contribution in [1.29, 1.82) is 0 Å². The first-order valence-corrected chi connectivity index (χ1v) is 11.0. The summed E-state index contributed by atoms with van der Waals surface area (Å²) in [4.78, 5) is 4.91. The SMILES string of the molecule is CCc1nc2ccc(C(O)(/C(=C/N)NC)C3CNC3)cc2c(Cl)c1CCC1CC1. The van der Waals surface area contributed by atoms with Crippen molar-refractivity contribution in [2.75, 3.05) is 20.1 Å². The Morgan fingerprint density at radius 2 is 2.17 bits per heavy atom. The van der Waals surface area contributed by atoms with Crippen LogP contribution in [0.5, 0.6) is 0 Å². The summed E-state index contributed by atoms with van der Waals surface area (Å²) in [6.07, 6.45) is 7.16. The van der Waals surface area contributed by atoms with Crippen LogP contribution in [0.3, 0.4) is 0 Å². The van der Waals surface area contributed by atoms with Crippen molar-refractivity contribution in [2.24, 2.45) is 17.6 Å². The predicted molar refractivity (Wildman–Crippen MR) is 119 cm³/mol. The second-order valence-corrected chi connectivity index (χ2v) is 8.75. The van der Waals surface area contributed by atoms with Crippen LogP contribution in [0.2, 0.25) is 5.02 Å². The van der Waals surface area contributed by atoms with E-state index >= 15 is 0 Å². The van der Waals surface area contributed by atoms with E-state index in [-0.39, 0.29) is 5.92 Å². The normalized spacial score (nSPS) is 19.8. The lowest BCUT2D eigenvalue weighted by Crippen LogP contribution is -2.56. The van der Waals surface area contributed by atoms with E-state index in [0.717, 1.165) is 59.0 Å². The van der Waals surface area contributed by atoms with Gasteiger partial charge in [0, 0.05) is 43.3 Å². The lowest BCUT2D eigenvalue weighted by Gasteiger charge is -2.43. The van der Waals surface area contributed by atoms with Crippen molar-refractivity contribution >= 4 is 22.5 Å². The van der Waals surface area contributed by atoms with Gasteiger partial charge >= 0.3 is 0 Å². The summed E-state index contributed by atoms with van der Waals surface area (Å²) in [7, 11) is 1.79. The van der Waals surface area contributed by atoms with Crippen molar-refractivity contribution in [3.8, 4) is 0 Å². The summed E-state index contributed by atoms with van der Waals surface area (Å²) < 4.78 is 0. The Balaban J connectivity index is 1.82. The quantitative estimate of drug-likeness (QED) is 0.533. The molecule has 5 nitrogen and oxygen atoms in total. The van der Waals surface area contributed by atoms with Gasteiger partial charge in [-0.15, -0.1) is 0 Å². The third-order valence-corrected chi connectivity index (χ3v) is 7.03. The van der Waals surface area contributed by atoms with Crippen molar-refractivity contribution in [3.05, 3.63) is 51.9 Å². The molecule has 4 rings (SSSR count). The van der Waals surface area contributed by atoms with Crippen LogP contribution in [-0.4, -0.2) is 30.2 Å². The highest BCUT2D eigenvalue weighted by molar-refractivity contribution is 6.36. The van der Waals surface area contributed by atoms with Crippen LogP contribution in [0, 0.1) is 11.8 Å². The number of aliphatic hydroxyl groups is 1. The summed E-state index contributed by atoms with van der Waals surface area (Å²) in [6.45, 7) is 3.61. The van der Waals surface area contributed by atoms with E-state index in [9.17, 15) is 5.11 Å². The Morgan fingerprint density at radius 3 is 2.72 bits per heavy atom. The van der Waals surface area contributed by atoms with E-state index in [0.29, 0.717) is 5.70 Å². The number of nitrogens with zero attached hydrogens (tertiary/aromatic N) is 1. The predicted octanol–water partition coefficient (Wildman–Crippen LogP) is 3.22. The molecule has 29 heavy (non-hydrogen) atoms. The number of halogens is 1. The van der Waals surface area contributed by atoms with E-state index < -0.39 is 5.60 Å². The largest absolute Gasteiger partial charge is 0.403 e. The average Bonchev–Trinajstić information content (AvgIpc) is 3.50. The maximum absolute atomic E-state index is 11.8. The second kappa shape index (κ2) is 8.13. The Hall–Kier alpha value is -1.82. The van der Waals surface area contributed by atoms with Crippen molar-refractivity contribution in [3.63, 3.8) is 0 Å². The minimum Gasteiger partial charge on any atom is -0.403 e. The summed E-state index contributed by atoms with van der Waals surface area (Å²) in [6, 6.07) is 5.93. The Bertz CT molecular complexity index is 936. The monoisotopic (exact) mass is 414 g/mol. The van der Waals surface area contributed by atoms with Crippen LogP contribution in [-0.2, 0) is 18.4 Å². The fraction of sp³-hybridized carbons (Fsp3) is 0.522. The van der Waals surface area contributed by atoms with Crippen LogP contribution in [0.25, 0.3) is 10.9 Å². The van der Waals surface area contributed by atoms with Gasteiger partial charge in [-0.25, -0.2) is 0 Å². The molecule has 1 unspecified atom stereocenters. The molecule has 2 heterocycles. The molecule has 156 valence electrons. The molecule has 1 atom stereocenters. The molecule has 2 aromatic rings. The van der Waals surface area contributed by atoms with E-state index in [4.69, 9.17) is 22.3 Å². The van der Waals surface area contributed by atoms with Crippen molar-refractivity contribution in [2.45, 2.75) is 44.6 Å². The lowest BCUT2D eigenvalue weighted by atomic mass is 9.75. The zero-order valence-electron chi connectivity index (χ0n) is 17.3. The second-order valence-electron chi connectivity index (χ2n) is 8.37.